The normalized spacial score (nSPS) is 24.3. The number of rotatable bonds is 0. The van der Waals surface area contributed by atoms with Gasteiger partial charge in [-0.1, -0.05) is 6.08 Å². The molecule has 2 heterocycles. The van der Waals surface area contributed by atoms with Crippen LogP contribution in [0.2, 0.25) is 0 Å². The second-order valence-electron chi connectivity index (χ2n) is 3.29. The Balaban J connectivity index is 2.38. The van der Waals surface area contributed by atoms with Crippen LogP contribution in [0, 0.1) is 0 Å². The molecule has 0 amide bonds. The molecule has 0 spiro atoms. The lowest BCUT2D eigenvalue weighted by atomic mass is 10.1. The van der Waals surface area contributed by atoms with Gasteiger partial charge in [-0.15, -0.1) is 0 Å². The summed E-state index contributed by atoms with van der Waals surface area (Å²) in [6, 6.07) is 0.433. The Morgan fingerprint density at radius 3 is 3.46 bits per heavy atom. The quantitative estimate of drug-likeness (QED) is 0.491. The molecule has 1 atom stereocenters. The largest absolute Gasteiger partial charge is 0.373 e. The summed E-state index contributed by atoms with van der Waals surface area (Å²) in [5.74, 6) is 0. The summed E-state index contributed by atoms with van der Waals surface area (Å²) in [7, 11) is 0. The van der Waals surface area contributed by atoms with Gasteiger partial charge in [0, 0.05) is 11.4 Å². The maximum atomic E-state index is 4.28. The van der Waals surface area contributed by atoms with Gasteiger partial charge in [-0.3, -0.25) is 5.32 Å². The third kappa shape index (κ3) is 0.954. The minimum Gasteiger partial charge on any atom is -0.373 e. The van der Waals surface area contributed by atoms with E-state index in [1.165, 1.54) is 5.70 Å². The highest BCUT2D eigenvalue weighted by atomic mass is 15.2. The summed E-state index contributed by atoms with van der Waals surface area (Å²) >= 11 is 0. The van der Waals surface area contributed by atoms with E-state index in [4.69, 9.17) is 0 Å². The molecule has 1 aliphatic heterocycles. The maximum Gasteiger partial charge on any atom is 0.116 e. The molecule has 3 rings (SSSR count). The summed E-state index contributed by atoms with van der Waals surface area (Å²) in [4.78, 5) is 8.29. The molecule has 1 aromatic heterocycles. The first-order chi connectivity index (χ1) is 6.45. The van der Waals surface area contributed by atoms with Gasteiger partial charge in [0.2, 0.25) is 0 Å². The number of nitrogens with one attached hydrogen (secondary N) is 2. The summed E-state index contributed by atoms with van der Waals surface area (Å²) < 4.78 is 0. The molecule has 1 unspecified atom stereocenters. The van der Waals surface area contributed by atoms with Gasteiger partial charge < -0.3 is 5.32 Å². The molecule has 13 heavy (non-hydrogen) atoms. The predicted octanol–water partition coefficient (Wildman–Crippen LogP) is -1.71. The Hall–Kier alpha value is -1.42. The number of fused-ring (bicyclic) bond motifs is 2. The topological polar surface area (TPSA) is 49.8 Å². The van der Waals surface area contributed by atoms with Crippen LogP contribution in [0.3, 0.4) is 0 Å². The highest BCUT2D eigenvalue weighted by Crippen LogP contribution is 2.09. The van der Waals surface area contributed by atoms with Crippen LogP contribution in [0.4, 0.5) is 0 Å². The van der Waals surface area contributed by atoms with Crippen LogP contribution < -0.4 is 21.2 Å². The van der Waals surface area contributed by atoms with E-state index in [0.29, 0.717) is 6.04 Å². The smallest absolute Gasteiger partial charge is 0.116 e. The van der Waals surface area contributed by atoms with Crippen LogP contribution in [0.5, 0.6) is 0 Å². The first-order valence-corrected chi connectivity index (χ1v) is 4.43. The average Bonchev–Trinajstić information content (AvgIpc) is 2.65. The van der Waals surface area contributed by atoms with Crippen LogP contribution in [-0.2, 0) is 0 Å². The molecule has 1 aliphatic carbocycles. The van der Waals surface area contributed by atoms with Crippen LogP contribution in [0.15, 0.2) is 12.5 Å². The SMILES string of the molecule is C1=c2cncnc2=C2NCNC2C1. The fraction of sp³-hybridized carbons (Fsp3) is 0.333. The van der Waals surface area contributed by atoms with Gasteiger partial charge in [0.15, 0.2) is 0 Å². The van der Waals surface area contributed by atoms with E-state index in [-0.39, 0.29) is 0 Å². The first kappa shape index (κ1) is 7.03. The molecule has 0 radical (unpaired) electrons. The highest BCUT2D eigenvalue weighted by molar-refractivity contribution is 5.55. The Morgan fingerprint density at radius 2 is 2.46 bits per heavy atom. The molecule has 0 saturated carbocycles. The predicted molar refractivity (Wildman–Crippen MR) is 48.7 cm³/mol. The fourth-order valence-electron chi connectivity index (χ4n) is 1.90. The van der Waals surface area contributed by atoms with E-state index in [0.717, 1.165) is 23.7 Å². The molecule has 2 aliphatic rings. The Morgan fingerprint density at radius 1 is 1.46 bits per heavy atom. The zero-order chi connectivity index (χ0) is 8.67. The second kappa shape index (κ2) is 2.53. The Kier molecular flexibility index (Phi) is 1.37. The number of nitrogens with zero attached hydrogens (tertiary/aromatic N) is 2. The zero-order valence-corrected chi connectivity index (χ0v) is 7.12. The molecule has 1 fully saturated rings. The minimum atomic E-state index is 0.433. The van der Waals surface area contributed by atoms with Crippen LogP contribution in [-0.4, -0.2) is 22.7 Å². The molecule has 4 heteroatoms. The number of hydrogen-bond acceptors (Lipinski definition) is 4. The number of hydrogen-bond donors (Lipinski definition) is 2. The average molecular weight is 174 g/mol. The van der Waals surface area contributed by atoms with Gasteiger partial charge in [0.25, 0.3) is 0 Å². The lowest BCUT2D eigenvalue weighted by Gasteiger charge is -2.12. The zero-order valence-electron chi connectivity index (χ0n) is 7.12. The standard InChI is InChI=1S/C9H10N4/c1-2-7-9(13-5-11-7)8-6(1)3-10-4-12-8/h1,3-4,7,11,13H,2,5H2. The Labute approximate surface area is 75.4 Å². The monoisotopic (exact) mass is 174 g/mol. The van der Waals surface area contributed by atoms with Gasteiger partial charge >= 0.3 is 0 Å². The van der Waals surface area contributed by atoms with Gasteiger partial charge in [0.1, 0.15) is 6.33 Å². The van der Waals surface area contributed by atoms with Crippen molar-refractivity contribution in [1.82, 2.24) is 20.6 Å². The summed E-state index contributed by atoms with van der Waals surface area (Å²) in [5.41, 5.74) is 1.22. The van der Waals surface area contributed by atoms with Gasteiger partial charge in [-0.25, -0.2) is 9.97 Å². The van der Waals surface area contributed by atoms with Crippen molar-refractivity contribution in [2.24, 2.45) is 0 Å². The van der Waals surface area contributed by atoms with Crippen molar-refractivity contribution in [3.05, 3.63) is 23.1 Å². The van der Waals surface area contributed by atoms with Crippen molar-refractivity contribution >= 4 is 11.8 Å². The number of aromatic nitrogens is 2. The molecular weight excluding hydrogens is 164 g/mol. The van der Waals surface area contributed by atoms with Gasteiger partial charge in [0.05, 0.1) is 23.8 Å². The van der Waals surface area contributed by atoms with Gasteiger partial charge in [-0.2, -0.15) is 0 Å². The summed E-state index contributed by atoms with van der Waals surface area (Å²) in [6.07, 6.45) is 6.68. The van der Waals surface area contributed by atoms with Crippen LogP contribution in [0.25, 0.3) is 11.8 Å². The Bertz CT molecular complexity index is 451. The van der Waals surface area contributed by atoms with Crippen molar-refractivity contribution in [1.29, 1.82) is 0 Å². The lowest BCUT2D eigenvalue weighted by Crippen LogP contribution is -2.40. The minimum absolute atomic E-state index is 0.433. The van der Waals surface area contributed by atoms with E-state index in [2.05, 4.69) is 26.7 Å². The molecule has 4 nitrogen and oxygen atoms in total. The van der Waals surface area contributed by atoms with Crippen molar-refractivity contribution in [2.75, 3.05) is 6.67 Å². The lowest BCUT2D eigenvalue weighted by molar-refractivity contribution is 0.689. The molecular formula is C9H10N4. The second-order valence-corrected chi connectivity index (χ2v) is 3.29. The van der Waals surface area contributed by atoms with E-state index in [1.54, 1.807) is 6.33 Å². The fourth-order valence-corrected chi connectivity index (χ4v) is 1.90. The van der Waals surface area contributed by atoms with E-state index >= 15 is 0 Å². The van der Waals surface area contributed by atoms with Crippen LogP contribution >= 0.6 is 0 Å². The third-order valence-corrected chi connectivity index (χ3v) is 2.54. The molecule has 1 saturated heterocycles. The highest BCUT2D eigenvalue weighted by Gasteiger charge is 2.22. The molecule has 0 aromatic carbocycles. The molecule has 66 valence electrons. The van der Waals surface area contributed by atoms with E-state index in [1.807, 2.05) is 6.20 Å². The third-order valence-electron chi connectivity index (χ3n) is 2.54. The molecule has 0 bridgehead atoms. The maximum absolute atomic E-state index is 4.28. The van der Waals surface area contributed by atoms with Crippen molar-refractivity contribution < 1.29 is 0 Å². The van der Waals surface area contributed by atoms with Crippen molar-refractivity contribution in [2.45, 2.75) is 12.5 Å². The van der Waals surface area contributed by atoms with E-state index < -0.39 is 0 Å². The first-order valence-electron chi connectivity index (χ1n) is 4.43. The van der Waals surface area contributed by atoms with Crippen LogP contribution in [0.1, 0.15) is 6.42 Å². The summed E-state index contributed by atoms with van der Waals surface area (Å²) in [5, 5.41) is 8.87. The van der Waals surface area contributed by atoms with Gasteiger partial charge in [-0.05, 0) is 6.42 Å². The van der Waals surface area contributed by atoms with Crippen molar-refractivity contribution in [3.63, 3.8) is 0 Å². The molecule has 2 N–H and O–H groups in total. The van der Waals surface area contributed by atoms with Crippen molar-refractivity contribution in [3.8, 4) is 0 Å². The molecule has 1 aromatic rings. The summed E-state index contributed by atoms with van der Waals surface area (Å²) in [6.45, 7) is 0.845. The van der Waals surface area contributed by atoms with E-state index in [9.17, 15) is 0 Å².